The smallest absolute Gasteiger partial charge is 0.129 e. The summed E-state index contributed by atoms with van der Waals surface area (Å²) in [5.41, 5.74) is 10.3. The van der Waals surface area contributed by atoms with Gasteiger partial charge in [0.2, 0.25) is 0 Å². The van der Waals surface area contributed by atoms with Gasteiger partial charge in [-0.3, -0.25) is 4.68 Å². The predicted octanol–water partition coefficient (Wildman–Crippen LogP) is 2.55. The zero-order chi connectivity index (χ0) is 13.3. The van der Waals surface area contributed by atoms with Crippen molar-refractivity contribution in [2.75, 3.05) is 12.8 Å². The first-order valence-electron chi connectivity index (χ1n) is 6.04. The Labute approximate surface area is 107 Å². The lowest BCUT2D eigenvalue weighted by molar-refractivity contribution is 0.412. The summed E-state index contributed by atoms with van der Waals surface area (Å²) < 4.78 is 7.08. The van der Waals surface area contributed by atoms with Crippen LogP contribution in [0.1, 0.15) is 18.2 Å². The second-order valence-corrected chi connectivity index (χ2v) is 4.37. The minimum absolute atomic E-state index is 0.692. The second kappa shape index (κ2) is 4.72. The number of hydrogen-bond donors (Lipinski definition) is 1. The van der Waals surface area contributed by atoms with E-state index in [4.69, 9.17) is 10.5 Å². The Morgan fingerprint density at radius 2 is 2.11 bits per heavy atom. The average molecular weight is 245 g/mol. The Bertz CT molecular complexity index is 573. The van der Waals surface area contributed by atoms with Crippen LogP contribution in [0.4, 0.5) is 5.82 Å². The van der Waals surface area contributed by atoms with Gasteiger partial charge in [-0.25, -0.2) is 0 Å². The fraction of sp³-hybridized carbons (Fsp3) is 0.357. The van der Waals surface area contributed by atoms with Gasteiger partial charge in [-0.1, -0.05) is 19.1 Å². The minimum atomic E-state index is 0.692. The molecule has 18 heavy (non-hydrogen) atoms. The number of benzene rings is 1. The number of nitrogens with two attached hydrogens (primary N) is 1. The highest BCUT2D eigenvalue weighted by atomic mass is 16.5. The average Bonchev–Trinajstić information content (AvgIpc) is 2.66. The standard InChI is InChI=1S/C14H19N3O/c1-5-11-13(14(15)17(3)16-11)10-7-6-9(2)12(8-10)18-4/h6-8H,5,15H2,1-4H3. The van der Waals surface area contributed by atoms with Crippen molar-refractivity contribution >= 4 is 5.82 Å². The van der Waals surface area contributed by atoms with Gasteiger partial charge in [0.15, 0.2) is 0 Å². The molecule has 0 saturated carbocycles. The molecule has 1 heterocycles. The zero-order valence-electron chi connectivity index (χ0n) is 11.3. The monoisotopic (exact) mass is 245 g/mol. The second-order valence-electron chi connectivity index (χ2n) is 4.37. The number of methoxy groups -OCH3 is 1. The van der Waals surface area contributed by atoms with Gasteiger partial charge in [0.25, 0.3) is 0 Å². The highest BCUT2D eigenvalue weighted by Gasteiger charge is 2.15. The van der Waals surface area contributed by atoms with Gasteiger partial charge in [0, 0.05) is 12.6 Å². The summed E-state index contributed by atoms with van der Waals surface area (Å²) in [6.07, 6.45) is 0.858. The number of hydrogen-bond acceptors (Lipinski definition) is 3. The Morgan fingerprint density at radius 1 is 1.39 bits per heavy atom. The molecule has 2 rings (SSSR count). The molecule has 0 saturated heterocycles. The molecule has 4 nitrogen and oxygen atoms in total. The number of aromatic nitrogens is 2. The molecule has 1 aromatic carbocycles. The van der Waals surface area contributed by atoms with Crippen LogP contribution in [0.2, 0.25) is 0 Å². The van der Waals surface area contributed by atoms with Crippen LogP contribution in [-0.4, -0.2) is 16.9 Å². The first-order valence-corrected chi connectivity index (χ1v) is 6.04. The number of rotatable bonds is 3. The number of nitrogens with zero attached hydrogens (tertiary/aromatic N) is 2. The SMILES string of the molecule is CCc1nn(C)c(N)c1-c1ccc(C)c(OC)c1. The van der Waals surface area contributed by atoms with Gasteiger partial charge < -0.3 is 10.5 Å². The summed E-state index contributed by atoms with van der Waals surface area (Å²) in [6.45, 7) is 4.10. The van der Waals surface area contributed by atoms with Crippen LogP contribution in [-0.2, 0) is 13.5 Å². The largest absolute Gasteiger partial charge is 0.496 e. The third-order valence-electron chi connectivity index (χ3n) is 3.20. The van der Waals surface area contributed by atoms with Crippen molar-refractivity contribution in [2.45, 2.75) is 20.3 Å². The first kappa shape index (κ1) is 12.5. The summed E-state index contributed by atoms with van der Waals surface area (Å²) >= 11 is 0. The number of anilines is 1. The van der Waals surface area contributed by atoms with E-state index in [1.807, 2.05) is 26.1 Å². The van der Waals surface area contributed by atoms with Crippen molar-refractivity contribution < 1.29 is 4.74 Å². The van der Waals surface area contributed by atoms with Gasteiger partial charge in [0.1, 0.15) is 11.6 Å². The molecule has 0 bridgehead atoms. The molecule has 0 radical (unpaired) electrons. The Kier molecular flexibility index (Phi) is 3.28. The zero-order valence-corrected chi connectivity index (χ0v) is 11.3. The van der Waals surface area contributed by atoms with Crippen LogP contribution < -0.4 is 10.5 Å². The molecule has 0 atom stereocenters. The fourth-order valence-electron chi connectivity index (χ4n) is 2.13. The predicted molar refractivity (Wildman–Crippen MR) is 73.7 cm³/mol. The molecule has 4 heteroatoms. The van der Waals surface area contributed by atoms with Crippen molar-refractivity contribution in [1.82, 2.24) is 9.78 Å². The van der Waals surface area contributed by atoms with Crippen LogP contribution in [0.3, 0.4) is 0 Å². The van der Waals surface area contributed by atoms with E-state index >= 15 is 0 Å². The molecule has 2 aromatic rings. The lowest BCUT2D eigenvalue weighted by Crippen LogP contribution is -1.98. The lowest BCUT2D eigenvalue weighted by atomic mass is 10.0. The summed E-state index contributed by atoms with van der Waals surface area (Å²) in [4.78, 5) is 0. The maximum Gasteiger partial charge on any atom is 0.129 e. The summed E-state index contributed by atoms with van der Waals surface area (Å²) in [6, 6.07) is 6.12. The van der Waals surface area contributed by atoms with E-state index in [1.54, 1.807) is 11.8 Å². The maximum atomic E-state index is 6.10. The van der Waals surface area contributed by atoms with E-state index in [9.17, 15) is 0 Å². The van der Waals surface area contributed by atoms with Crippen molar-refractivity contribution in [2.24, 2.45) is 7.05 Å². The molecule has 1 aromatic heterocycles. The van der Waals surface area contributed by atoms with E-state index in [0.717, 1.165) is 34.6 Å². The third-order valence-corrected chi connectivity index (χ3v) is 3.20. The summed E-state index contributed by atoms with van der Waals surface area (Å²) in [7, 11) is 3.54. The Hall–Kier alpha value is -1.97. The van der Waals surface area contributed by atoms with Crippen LogP contribution in [0.15, 0.2) is 18.2 Å². The lowest BCUT2D eigenvalue weighted by Gasteiger charge is -2.08. The van der Waals surface area contributed by atoms with Crippen molar-refractivity contribution in [3.63, 3.8) is 0 Å². The van der Waals surface area contributed by atoms with Gasteiger partial charge in [0.05, 0.1) is 12.8 Å². The van der Waals surface area contributed by atoms with Crippen molar-refractivity contribution in [3.05, 3.63) is 29.5 Å². The highest BCUT2D eigenvalue weighted by Crippen LogP contribution is 2.33. The van der Waals surface area contributed by atoms with E-state index in [0.29, 0.717) is 5.82 Å². The summed E-state index contributed by atoms with van der Waals surface area (Å²) in [5.74, 6) is 1.57. The molecule has 0 amide bonds. The van der Waals surface area contributed by atoms with Crippen molar-refractivity contribution in [3.8, 4) is 16.9 Å². The number of nitrogen functional groups attached to an aromatic ring is 1. The molecular weight excluding hydrogens is 226 g/mol. The quantitative estimate of drug-likeness (QED) is 0.904. The normalized spacial score (nSPS) is 10.7. The number of aryl methyl sites for hydroxylation is 3. The molecule has 0 spiro atoms. The van der Waals surface area contributed by atoms with Crippen LogP contribution in [0.25, 0.3) is 11.1 Å². The highest BCUT2D eigenvalue weighted by molar-refractivity contribution is 5.77. The topological polar surface area (TPSA) is 53.1 Å². The van der Waals surface area contributed by atoms with Gasteiger partial charge >= 0.3 is 0 Å². The molecular formula is C14H19N3O. The van der Waals surface area contributed by atoms with E-state index in [1.165, 1.54) is 0 Å². The van der Waals surface area contributed by atoms with Gasteiger partial charge in [-0.05, 0) is 30.5 Å². The van der Waals surface area contributed by atoms with Crippen LogP contribution >= 0.6 is 0 Å². The molecule has 96 valence electrons. The molecule has 0 fully saturated rings. The molecule has 0 aliphatic carbocycles. The Balaban J connectivity index is 2.61. The van der Waals surface area contributed by atoms with E-state index in [2.05, 4.69) is 18.1 Å². The molecule has 0 aliphatic heterocycles. The molecule has 0 aliphatic rings. The third kappa shape index (κ3) is 1.94. The van der Waals surface area contributed by atoms with Crippen LogP contribution in [0.5, 0.6) is 5.75 Å². The van der Waals surface area contributed by atoms with Crippen molar-refractivity contribution in [1.29, 1.82) is 0 Å². The van der Waals surface area contributed by atoms with Gasteiger partial charge in [-0.2, -0.15) is 5.10 Å². The Morgan fingerprint density at radius 3 is 2.72 bits per heavy atom. The summed E-state index contributed by atoms with van der Waals surface area (Å²) in [5, 5.41) is 4.43. The van der Waals surface area contributed by atoms with E-state index in [-0.39, 0.29) is 0 Å². The minimum Gasteiger partial charge on any atom is -0.496 e. The fourth-order valence-corrected chi connectivity index (χ4v) is 2.13. The molecule has 2 N–H and O–H groups in total. The van der Waals surface area contributed by atoms with Crippen LogP contribution in [0, 0.1) is 6.92 Å². The van der Waals surface area contributed by atoms with E-state index < -0.39 is 0 Å². The first-order chi connectivity index (χ1) is 8.58. The van der Waals surface area contributed by atoms with Gasteiger partial charge in [-0.15, -0.1) is 0 Å². The number of ether oxygens (including phenoxy) is 1. The maximum absolute atomic E-state index is 6.10. The molecule has 0 unspecified atom stereocenters.